The third-order valence-corrected chi connectivity index (χ3v) is 5.58. The molecule has 0 saturated carbocycles. The Kier molecular flexibility index (Phi) is 5.85. The number of carbonyl (C=O) groups is 1. The van der Waals surface area contributed by atoms with E-state index in [2.05, 4.69) is 4.72 Å². The minimum absolute atomic E-state index is 0.0729. The van der Waals surface area contributed by atoms with Gasteiger partial charge in [-0.25, -0.2) is 8.42 Å². The van der Waals surface area contributed by atoms with Crippen LogP contribution in [0.25, 0.3) is 0 Å². The highest BCUT2D eigenvalue weighted by atomic mass is 32.2. The number of carbonyl (C=O) groups excluding carboxylic acids is 1. The Balaban J connectivity index is 2.32. The lowest BCUT2D eigenvalue weighted by Crippen LogP contribution is -2.30. The van der Waals surface area contributed by atoms with E-state index in [0.717, 1.165) is 11.1 Å². The van der Waals surface area contributed by atoms with Gasteiger partial charge in [-0.05, 0) is 69.2 Å². The molecule has 0 heterocycles. The Bertz CT molecular complexity index is 872. The van der Waals surface area contributed by atoms with Gasteiger partial charge in [0, 0.05) is 24.3 Å². The van der Waals surface area contributed by atoms with E-state index >= 15 is 0 Å². The SMILES string of the molecule is CCN(CC)C(=O)c1cccc(S(=O)(=O)Nc2ccc(C)c(C)c2)c1. The quantitative estimate of drug-likeness (QED) is 0.856. The van der Waals surface area contributed by atoms with Crippen molar-refractivity contribution in [3.8, 4) is 0 Å². The van der Waals surface area contributed by atoms with Crippen molar-refractivity contribution in [1.82, 2.24) is 4.90 Å². The smallest absolute Gasteiger partial charge is 0.261 e. The second kappa shape index (κ2) is 7.70. The maximum atomic E-state index is 12.6. The highest BCUT2D eigenvalue weighted by Crippen LogP contribution is 2.20. The molecule has 5 nitrogen and oxygen atoms in total. The van der Waals surface area contributed by atoms with E-state index in [4.69, 9.17) is 0 Å². The van der Waals surface area contributed by atoms with Crippen molar-refractivity contribution in [2.75, 3.05) is 17.8 Å². The molecule has 0 aliphatic carbocycles. The molecule has 0 radical (unpaired) electrons. The third-order valence-electron chi connectivity index (χ3n) is 4.20. The number of rotatable bonds is 6. The van der Waals surface area contributed by atoms with E-state index in [-0.39, 0.29) is 10.8 Å². The molecule has 1 N–H and O–H groups in total. The van der Waals surface area contributed by atoms with E-state index in [0.29, 0.717) is 24.3 Å². The molecule has 2 aromatic rings. The third kappa shape index (κ3) is 4.39. The van der Waals surface area contributed by atoms with Gasteiger partial charge in [0.15, 0.2) is 0 Å². The first-order valence-corrected chi connectivity index (χ1v) is 9.76. The lowest BCUT2D eigenvalue weighted by Gasteiger charge is -2.19. The van der Waals surface area contributed by atoms with Gasteiger partial charge in [0.1, 0.15) is 0 Å². The maximum absolute atomic E-state index is 12.6. The molecule has 1 amide bonds. The zero-order chi connectivity index (χ0) is 18.6. The summed E-state index contributed by atoms with van der Waals surface area (Å²) >= 11 is 0. The second-order valence-electron chi connectivity index (χ2n) is 5.91. The molecule has 0 atom stereocenters. The normalized spacial score (nSPS) is 11.2. The molecule has 0 saturated heterocycles. The second-order valence-corrected chi connectivity index (χ2v) is 7.59. The Labute approximate surface area is 149 Å². The summed E-state index contributed by atoms with van der Waals surface area (Å²) in [5, 5.41) is 0. The Morgan fingerprint density at radius 3 is 2.28 bits per heavy atom. The van der Waals surface area contributed by atoms with Crippen molar-refractivity contribution in [1.29, 1.82) is 0 Å². The topological polar surface area (TPSA) is 66.5 Å². The lowest BCUT2D eigenvalue weighted by atomic mass is 10.1. The Morgan fingerprint density at radius 2 is 1.68 bits per heavy atom. The van der Waals surface area contributed by atoms with Crippen molar-refractivity contribution in [3.63, 3.8) is 0 Å². The van der Waals surface area contributed by atoms with Gasteiger partial charge in [-0.3, -0.25) is 9.52 Å². The number of aryl methyl sites for hydroxylation is 2. The summed E-state index contributed by atoms with van der Waals surface area (Å²) in [5.41, 5.74) is 2.97. The number of nitrogens with one attached hydrogen (secondary N) is 1. The van der Waals surface area contributed by atoms with E-state index in [1.807, 2.05) is 33.8 Å². The highest BCUT2D eigenvalue weighted by molar-refractivity contribution is 7.92. The molecule has 0 fully saturated rings. The van der Waals surface area contributed by atoms with Gasteiger partial charge in [0.25, 0.3) is 15.9 Å². The Morgan fingerprint density at radius 1 is 1.00 bits per heavy atom. The predicted molar refractivity (Wildman–Crippen MR) is 100 cm³/mol. The summed E-state index contributed by atoms with van der Waals surface area (Å²) in [6.07, 6.45) is 0. The molecular weight excluding hydrogens is 336 g/mol. The first kappa shape index (κ1) is 19.0. The number of benzene rings is 2. The summed E-state index contributed by atoms with van der Waals surface area (Å²) in [4.78, 5) is 14.2. The van der Waals surface area contributed by atoms with Crippen LogP contribution in [0, 0.1) is 13.8 Å². The van der Waals surface area contributed by atoms with Crippen molar-refractivity contribution in [3.05, 3.63) is 59.2 Å². The van der Waals surface area contributed by atoms with Gasteiger partial charge in [-0.15, -0.1) is 0 Å². The van der Waals surface area contributed by atoms with Crippen molar-refractivity contribution < 1.29 is 13.2 Å². The number of hydrogen-bond acceptors (Lipinski definition) is 3. The minimum Gasteiger partial charge on any atom is -0.339 e. The van der Waals surface area contributed by atoms with E-state index in [9.17, 15) is 13.2 Å². The number of hydrogen-bond donors (Lipinski definition) is 1. The van der Waals surface area contributed by atoms with E-state index in [1.54, 1.807) is 29.2 Å². The van der Waals surface area contributed by atoms with Crippen LogP contribution in [0.3, 0.4) is 0 Å². The molecular formula is C19H24N2O3S. The standard InChI is InChI=1S/C19H24N2O3S/c1-5-21(6-2)19(22)16-8-7-9-18(13-16)25(23,24)20-17-11-10-14(3)15(4)12-17/h7-13,20H,5-6H2,1-4H3. The zero-order valence-electron chi connectivity index (χ0n) is 15.0. The summed E-state index contributed by atoms with van der Waals surface area (Å²) in [7, 11) is -3.76. The number of nitrogens with zero attached hydrogens (tertiary/aromatic N) is 1. The molecule has 134 valence electrons. The van der Waals surface area contributed by atoms with Crippen LogP contribution >= 0.6 is 0 Å². The van der Waals surface area contributed by atoms with Gasteiger partial charge in [0.2, 0.25) is 0 Å². The van der Waals surface area contributed by atoms with Crippen LogP contribution in [-0.2, 0) is 10.0 Å². The monoisotopic (exact) mass is 360 g/mol. The zero-order valence-corrected chi connectivity index (χ0v) is 15.9. The molecule has 25 heavy (non-hydrogen) atoms. The van der Waals surface area contributed by atoms with Crippen molar-refractivity contribution in [2.24, 2.45) is 0 Å². The van der Waals surface area contributed by atoms with E-state index < -0.39 is 10.0 Å². The first-order chi connectivity index (χ1) is 11.8. The van der Waals surface area contributed by atoms with Crippen LogP contribution in [0.4, 0.5) is 5.69 Å². The van der Waals surface area contributed by atoms with Crippen molar-refractivity contribution >= 4 is 21.6 Å². The average molecular weight is 360 g/mol. The molecule has 2 aromatic carbocycles. The first-order valence-electron chi connectivity index (χ1n) is 8.28. The summed E-state index contributed by atoms with van der Waals surface area (Å²) in [6.45, 7) is 8.83. The van der Waals surface area contributed by atoms with Gasteiger partial charge in [-0.1, -0.05) is 12.1 Å². The molecule has 0 bridgehead atoms. The van der Waals surface area contributed by atoms with Crippen LogP contribution in [-0.4, -0.2) is 32.3 Å². The van der Waals surface area contributed by atoms with Crippen LogP contribution in [0.1, 0.15) is 35.3 Å². The molecule has 0 aromatic heterocycles. The fraction of sp³-hybridized carbons (Fsp3) is 0.316. The minimum atomic E-state index is -3.76. The van der Waals surface area contributed by atoms with Gasteiger partial charge in [0.05, 0.1) is 4.90 Å². The molecule has 6 heteroatoms. The van der Waals surface area contributed by atoms with Crippen molar-refractivity contribution in [2.45, 2.75) is 32.6 Å². The summed E-state index contributed by atoms with van der Waals surface area (Å²) < 4.78 is 27.9. The highest BCUT2D eigenvalue weighted by Gasteiger charge is 2.18. The Hall–Kier alpha value is -2.34. The fourth-order valence-corrected chi connectivity index (χ4v) is 3.60. The number of anilines is 1. The average Bonchev–Trinajstić information content (AvgIpc) is 2.59. The molecule has 0 unspecified atom stereocenters. The van der Waals surface area contributed by atoms with Gasteiger partial charge >= 0.3 is 0 Å². The maximum Gasteiger partial charge on any atom is 0.261 e. The number of amides is 1. The van der Waals surface area contributed by atoms with E-state index in [1.165, 1.54) is 12.1 Å². The molecule has 0 aliphatic heterocycles. The number of sulfonamides is 1. The largest absolute Gasteiger partial charge is 0.339 e. The van der Waals surface area contributed by atoms with Gasteiger partial charge < -0.3 is 4.90 Å². The lowest BCUT2D eigenvalue weighted by molar-refractivity contribution is 0.0772. The van der Waals surface area contributed by atoms with Gasteiger partial charge in [-0.2, -0.15) is 0 Å². The molecule has 0 aliphatic rings. The fourth-order valence-electron chi connectivity index (χ4n) is 2.51. The van der Waals surface area contributed by atoms with Crippen LogP contribution in [0.2, 0.25) is 0 Å². The molecule has 0 spiro atoms. The summed E-state index contributed by atoms with van der Waals surface area (Å²) in [6, 6.07) is 11.5. The summed E-state index contributed by atoms with van der Waals surface area (Å²) in [5.74, 6) is -0.173. The van der Waals surface area contributed by atoms with Crippen LogP contribution in [0.15, 0.2) is 47.4 Å². The molecule has 2 rings (SSSR count). The predicted octanol–water partition coefficient (Wildman–Crippen LogP) is 3.59. The van der Waals surface area contributed by atoms with Crippen LogP contribution in [0.5, 0.6) is 0 Å². The van der Waals surface area contributed by atoms with Crippen LogP contribution < -0.4 is 4.72 Å².